The lowest BCUT2D eigenvalue weighted by Gasteiger charge is -2.01. The normalized spacial score (nSPS) is 10.9. The maximum absolute atomic E-state index is 13.6. The van der Waals surface area contributed by atoms with Crippen LogP contribution in [0.3, 0.4) is 0 Å². The van der Waals surface area contributed by atoms with E-state index in [4.69, 9.17) is 4.74 Å². The largest absolute Gasteiger partial charge is 0.383 e. The van der Waals surface area contributed by atoms with Gasteiger partial charge in [0.15, 0.2) is 0 Å². The van der Waals surface area contributed by atoms with Crippen LogP contribution < -0.4 is 5.32 Å². The molecule has 0 saturated carbocycles. The summed E-state index contributed by atoms with van der Waals surface area (Å²) in [5, 5.41) is 3.51. The number of hydrogen-bond acceptors (Lipinski definition) is 4. The van der Waals surface area contributed by atoms with E-state index in [0.717, 1.165) is 11.4 Å². The lowest BCUT2D eigenvalue weighted by atomic mass is 10.2. The number of aromatic nitrogens is 1. The van der Waals surface area contributed by atoms with E-state index in [0.29, 0.717) is 18.2 Å². The molecule has 0 saturated heterocycles. The highest BCUT2D eigenvalue weighted by Crippen LogP contribution is 2.29. The highest BCUT2D eigenvalue weighted by molar-refractivity contribution is 7.15. The molecule has 0 atom stereocenters. The van der Waals surface area contributed by atoms with Gasteiger partial charge in [0, 0.05) is 31.3 Å². The predicted molar refractivity (Wildman–Crippen MR) is 71.0 cm³/mol. The summed E-state index contributed by atoms with van der Waals surface area (Å²) in [5.74, 6) is -1.18. The molecule has 0 aliphatic carbocycles. The van der Waals surface area contributed by atoms with Crippen LogP contribution >= 0.6 is 11.3 Å². The number of ether oxygens (including phenoxy) is 1. The van der Waals surface area contributed by atoms with Crippen molar-refractivity contribution in [1.82, 2.24) is 10.3 Å². The standard InChI is InChI=1S/C13H14F2N2OS/c1-18-6-5-16-7-9-8-17-13(19-9)12-10(14)3-2-4-11(12)15/h2-4,8,16H,5-7H2,1H3. The molecule has 0 spiro atoms. The summed E-state index contributed by atoms with van der Waals surface area (Å²) in [6.07, 6.45) is 1.63. The maximum atomic E-state index is 13.6. The van der Waals surface area contributed by atoms with Crippen LogP contribution in [0.4, 0.5) is 8.78 Å². The Labute approximate surface area is 114 Å². The average molecular weight is 284 g/mol. The lowest BCUT2D eigenvalue weighted by molar-refractivity contribution is 0.199. The van der Waals surface area contributed by atoms with Crippen molar-refractivity contribution in [3.63, 3.8) is 0 Å². The van der Waals surface area contributed by atoms with Crippen LogP contribution in [0.1, 0.15) is 4.88 Å². The smallest absolute Gasteiger partial charge is 0.136 e. The van der Waals surface area contributed by atoms with Gasteiger partial charge >= 0.3 is 0 Å². The molecule has 19 heavy (non-hydrogen) atoms. The molecule has 102 valence electrons. The van der Waals surface area contributed by atoms with Crippen LogP contribution in [-0.4, -0.2) is 25.2 Å². The second-order valence-electron chi connectivity index (χ2n) is 3.90. The minimum absolute atomic E-state index is 0.0596. The Bertz CT molecular complexity index is 525. The zero-order chi connectivity index (χ0) is 13.7. The van der Waals surface area contributed by atoms with Crippen molar-refractivity contribution < 1.29 is 13.5 Å². The van der Waals surface area contributed by atoms with E-state index in [-0.39, 0.29) is 5.56 Å². The quantitative estimate of drug-likeness (QED) is 0.828. The first kappa shape index (κ1) is 14.0. The van der Waals surface area contributed by atoms with Crippen molar-refractivity contribution in [2.75, 3.05) is 20.3 Å². The van der Waals surface area contributed by atoms with Crippen molar-refractivity contribution in [3.8, 4) is 10.6 Å². The molecule has 0 bridgehead atoms. The summed E-state index contributed by atoms with van der Waals surface area (Å²) < 4.78 is 32.1. The van der Waals surface area contributed by atoms with Crippen LogP contribution in [0.2, 0.25) is 0 Å². The monoisotopic (exact) mass is 284 g/mol. The van der Waals surface area contributed by atoms with Crippen molar-refractivity contribution in [3.05, 3.63) is 40.9 Å². The Morgan fingerprint density at radius 3 is 2.74 bits per heavy atom. The third-order valence-electron chi connectivity index (χ3n) is 2.51. The fourth-order valence-corrected chi connectivity index (χ4v) is 2.52. The fraction of sp³-hybridized carbons (Fsp3) is 0.308. The summed E-state index contributed by atoms with van der Waals surface area (Å²) in [6, 6.07) is 3.81. The molecular formula is C13H14F2N2OS. The van der Waals surface area contributed by atoms with Crippen LogP contribution in [0.15, 0.2) is 24.4 Å². The first-order valence-electron chi connectivity index (χ1n) is 5.81. The fourth-order valence-electron chi connectivity index (χ4n) is 1.59. The molecule has 0 unspecified atom stereocenters. The molecule has 0 radical (unpaired) electrons. The molecule has 0 aliphatic rings. The van der Waals surface area contributed by atoms with Crippen molar-refractivity contribution in [2.45, 2.75) is 6.54 Å². The molecular weight excluding hydrogens is 270 g/mol. The van der Waals surface area contributed by atoms with Crippen LogP contribution in [-0.2, 0) is 11.3 Å². The summed E-state index contributed by atoms with van der Waals surface area (Å²) in [6.45, 7) is 1.95. The number of thiazole rings is 1. The Morgan fingerprint density at radius 2 is 2.05 bits per heavy atom. The molecule has 0 aliphatic heterocycles. The van der Waals surface area contributed by atoms with E-state index >= 15 is 0 Å². The van der Waals surface area contributed by atoms with Crippen LogP contribution in [0, 0.1) is 11.6 Å². The van der Waals surface area contributed by atoms with E-state index in [1.54, 1.807) is 13.3 Å². The Hall–Kier alpha value is -1.37. The number of halogens is 2. The third kappa shape index (κ3) is 3.56. The summed E-state index contributed by atoms with van der Waals surface area (Å²) in [4.78, 5) is 5.00. The number of methoxy groups -OCH3 is 1. The lowest BCUT2D eigenvalue weighted by Crippen LogP contribution is -2.17. The Morgan fingerprint density at radius 1 is 1.32 bits per heavy atom. The van der Waals surface area contributed by atoms with Gasteiger partial charge in [-0.2, -0.15) is 0 Å². The first-order valence-corrected chi connectivity index (χ1v) is 6.62. The number of benzene rings is 1. The molecule has 0 fully saturated rings. The molecule has 6 heteroatoms. The van der Waals surface area contributed by atoms with Gasteiger partial charge in [-0.25, -0.2) is 13.8 Å². The second-order valence-corrected chi connectivity index (χ2v) is 5.01. The molecule has 2 aromatic rings. The van der Waals surface area contributed by atoms with E-state index in [1.807, 2.05) is 0 Å². The van der Waals surface area contributed by atoms with E-state index in [1.165, 1.54) is 29.5 Å². The minimum atomic E-state index is -0.590. The molecule has 3 nitrogen and oxygen atoms in total. The summed E-state index contributed by atoms with van der Waals surface area (Å²) in [7, 11) is 1.63. The molecule has 1 heterocycles. The zero-order valence-corrected chi connectivity index (χ0v) is 11.3. The molecule has 1 aromatic heterocycles. The number of nitrogens with one attached hydrogen (secondary N) is 1. The number of hydrogen-bond donors (Lipinski definition) is 1. The molecule has 1 N–H and O–H groups in total. The Balaban J connectivity index is 2.08. The molecule has 2 rings (SSSR count). The van der Waals surface area contributed by atoms with Crippen LogP contribution in [0.5, 0.6) is 0 Å². The van der Waals surface area contributed by atoms with Gasteiger partial charge in [0.25, 0.3) is 0 Å². The average Bonchev–Trinajstić information content (AvgIpc) is 2.83. The predicted octanol–water partition coefficient (Wildman–Crippen LogP) is 2.82. The molecule has 1 aromatic carbocycles. The van der Waals surface area contributed by atoms with Gasteiger partial charge in [0.1, 0.15) is 16.6 Å². The SMILES string of the molecule is COCCNCc1cnc(-c2c(F)cccc2F)s1. The number of rotatable bonds is 6. The van der Waals surface area contributed by atoms with Gasteiger partial charge in [0.2, 0.25) is 0 Å². The van der Waals surface area contributed by atoms with Gasteiger partial charge in [-0.15, -0.1) is 11.3 Å². The van der Waals surface area contributed by atoms with Gasteiger partial charge in [-0.1, -0.05) is 6.07 Å². The van der Waals surface area contributed by atoms with Gasteiger partial charge in [-0.05, 0) is 12.1 Å². The highest BCUT2D eigenvalue weighted by atomic mass is 32.1. The maximum Gasteiger partial charge on any atom is 0.136 e. The highest BCUT2D eigenvalue weighted by Gasteiger charge is 2.14. The summed E-state index contributed by atoms with van der Waals surface area (Å²) >= 11 is 1.28. The second kappa shape index (κ2) is 6.70. The van der Waals surface area contributed by atoms with E-state index in [9.17, 15) is 8.78 Å². The first-order chi connectivity index (χ1) is 9.22. The van der Waals surface area contributed by atoms with Crippen molar-refractivity contribution in [1.29, 1.82) is 0 Å². The summed E-state index contributed by atoms with van der Waals surface area (Å²) in [5.41, 5.74) is -0.0596. The zero-order valence-electron chi connectivity index (χ0n) is 10.5. The van der Waals surface area contributed by atoms with Crippen LogP contribution in [0.25, 0.3) is 10.6 Å². The minimum Gasteiger partial charge on any atom is -0.383 e. The van der Waals surface area contributed by atoms with Crippen molar-refractivity contribution in [2.24, 2.45) is 0 Å². The van der Waals surface area contributed by atoms with E-state index < -0.39 is 11.6 Å². The Kier molecular flexibility index (Phi) is 4.95. The third-order valence-corrected chi connectivity index (χ3v) is 3.53. The molecule has 0 amide bonds. The number of nitrogens with zero attached hydrogens (tertiary/aromatic N) is 1. The van der Waals surface area contributed by atoms with Gasteiger partial charge in [-0.3, -0.25) is 0 Å². The van der Waals surface area contributed by atoms with Crippen molar-refractivity contribution >= 4 is 11.3 Å². The van der Waals surface area contributed by atoms with Gasteiger partial charge < -0.3 is 10.1 Å². The topological polar surface area (TPSA) is 34.1 Å². The van der Waals surface area contributed by atoms with E-state index in [2.05, 4.69) is 10.3 Å². The van der Waals surface area contributed by atoms with Gasteiger partial charge in [0.05, 0.1) is 12.2 Å².